The summed E-state index contributed by atoms with van der Waals surface area (Å²) >= 11 is 0. The molecule has 7 heteroatoms. The second kappa shape index (κ2) is 10.1. The van der Waals surface area contributed by atoms with Gasteiger partial charge < -0.3 is 25.3 Å². The van der Waals surface area contributed by atoms with Crippen LogP contribution in [0.1, 0.15) is 13.8 Å². The van der Waals surface area contributed by atoms with Crippen LogP contribution in [-0.2, 0) is 4.79 Å². The van der Waals surface area contributed by atoms with Gasteiger partial charge >= 0.3 is 0 Å². The normalized spacial score (nSPS) is 12.6. The summed E-state index contributed by atoms with van der Waals surface area (Å²) in [5.41, 5.74) is 5.68. The van der Waals surface area contributed by atoms with Gasteiger partial charge in [-0.3, -0.25) is 4.79 Å². The zero-order chi connectivity index (χ0) is 15.8. The Kier molecular flexibility index (Phi) is 9.37. The van der Waals surface area contributed by atoms with E-state index in [0.29, 0.717) is 30.4 Å². The summed E-state index contributed by atoms with van der Waals surface area (Å²) in [6, 6.07) is 5.11. The topological polar surface area (TPSA) is 82.8 Å². The van der Waals surface area contributed by atoms with Gasteiger partial charge in [0.15, 0.2) is 0 Å². The monoisotopic (exact) mass is 332 g/mol. The van der Waals surface area contributed by atoms with Crippen LogP contribution in [-0.4, -0.2) is 39.3 Å². The second-order valence-corrected chi connectivity index (χ2v) is 4.84. The third-order valence-corrected chi connectivity index (χ3v) is 3.20. The number of amides is 1. The van der Waals surface area contributed by atoms with Gasteiger partial charge in [-0.25, -0.2) is 0 Å². The van der Waals surface area contributed by atoms with E-state index in [2.05, 4.69) is 5.32 Å². The van der Waals surface area contributed by atoms with E-state index < -0.39 is 0 Å². The van der Waals surface area contributed by atoms with E-state index >= 15 is 0 Å². The maximum absolute atomic E-state index is 11.7. The van der Waals surface area contributed by atoms with Crippen LogP contribution >= 0.6 is 12.4 Å². The zero-order valence-corrected chi connectivity index (χ0v) is 14.2. The average molecular weight is 333 g/mol. The molecule has 1 aromatic rings. The first-order valence-electron chi connectivity index (χ1n) is 6.87. The molecule has 6 nitrogen and oxygen atoms in total. The average Bonchev–Trinajstić information content (AvgIpc) is 2.49. The SMILES string of the molecule is COc1cc(OC)cc(OCCNC(=O)C(C)C(C)N)c1.Cl. The van der Waals surface area contributed by atoms with Crippen LogP contribution < -0.4 is 25.3 Å². The van der Waals surface area contributed by atoms with Gasteiger partial charge in [0.1, 0.15) is 23.9 Å². The van der Waals surface area contributed by atoms with Crippen molar-refractivity contribution in [2.24, 2.45) is 11.7 Å². The molecule has 0 spiro atoms. The van der Waals surface area contributed by atoms with Crippen molar-refractivity contribution in [2.45, 2.75) is 19.9 Å². The first kappa shape index (κ1) is 20.3. The minimum Gasteiger partial charge on any atom is -0.496 e. The number of hydrogen-bond donors (Lipinski definition) is 2. The van der Waals surface area contributed by atoms with Gasteiger partial charge in [0.2, 0.25) is 5.91 Å². The van der Waals surface area contributed by atoms with E-state index in [1.54, 1.807) is 39.3 Å². The summed E-state index contributed by atoms with van der Waals surface area (Å²) in [6.45, 7) is 4.38. The molecule has 3 N–H and O–H groups in total. The number of carbonyl (C=O) groups excluding carboxylic acids is 1. The molecule has 126 valence electrons. The number of nitrogens with one attached hydrogen (secondary N) is 1. The Labute approximate surface area is 137 Å². The standard InChI is InChI=1S/C15H24N2O4.ClH/c1-10(11(2)16)15(18)17-5-6-21-14-8-12(19-3)7-13(9-14)20-4;/h7-11H,5-6,16H2,1-4H3,(H,17,18);1H. The molecule has 0 radical (unpaired) electrons. The van der Waals surface area contributed by atoms with Crippen molar-refractivity contribution in [2.75, 3.05) is 27.4 Å². The van der Waals surface area contributed by atoms with Crippen LogP contribution in [0, 0.1) is 5.92 Å². The lowest BCUT2D eigenvalue weighted by atomic mass is 10.0. The quantitative estimate of drug-likeness (QED) is 0.707. The van der Waals surface area contributed by atoms with E-state index in [4.69, 9.17) is 19.9 Å². The highest BCUT2D eigenvalue weighted by atomic mass is 35.5. The first-order chi connectivity index (χ1) is 9.97. The number of rotatable bonds is 8. The van der Waals surface area contributed by atoms with Crippen LogP contribution in [0.2, 0.25) is 0 Å². The molecule has 0 aromatic heterocycles. The molecular weight excluding hydrogens is 308 g/mol. The Hall–Kier alpha value is -1.66. The first-order valence-corrected chi connectivity index (χ1v) is 6.87. The Morgan fingerprint density at radius 1 is 1.14 bits per heavy atom. The molecule has 0 heterocycles. The van der Waals surface area contributed by atoms with Gasteiger partial charge in [0.25, 0.3) is 0 Å². The Morgan fingerprint density at radius 3 is 2.09 bits per heavy atom. The van der Waals surface area contributed by atoms with Crippen molar-refractivity contribution in [3.8, 4) is 17.2 Å². The van der Waals surface area contributed by atoms with Crippen molar-refractivity contribution < 1.29 is 19.0 Å². The van der Waals surface area contributed by atoms with Crippen LogP contribution in [0.4, 0.5) is 0 Å². The summed E-state index contributed by atoms with van der Waals surface area (Å²) in [4.78, 5) is 11.7. The molecule has 1 amide bonds. The van der Waals surface area contributed by atoms with E-state index in [1.165, 1.54) is 0 Å². The Morgan fingerprint density at radius 2 is 1.64 bits per heavy atom. The third kappa shape index (κ3) is 6.41. The summed E-state index contributed by atoms with van der Waals surface area (Å²) in [6.07, 6.45) is 0. The molecule has 0 saturated carbocycles. The molecule has 0 saturated heterocycles. The molecule has 1 rings (SSSR count). The fraction of sp³-hybridized carbons (Fsp3) is 0.533. The van der Waals surface area contributed by atoms with Gasteiger partial charge in [-0.15, -0.1) is 12.4 Å². The van der Waals surface area contributed by atoms with Crippen LogP contribution in [0.5, 0.6) is 17.2 Å². The second-order valence-electron chi connectivity index (χ2n) is 4.84. The van der Waals surface area contributed by atoms with Crippen molar-refractivity contribution >= 4 is 18.3 Å². The van der Waals surface area contributed by atoms with Gasteiger partial charge in [-0.1, -0.05) is 6.92 Å². The highest BCUT2D eigenvalue weighted by molar-refractivity contribution is 5.85. The van der Waals surface area contributed by atoms with E-state index in [9.17, 15) is 4.79 Å². The number of methoxy groups -OCH3 is 2. The lowest BCUT2D eigenvalue weighted by Gasteiger charge is -2.15. The van der Waals surface area contributed by atoms with Crippen LogP contribution in [0.25, 0.3) is 0 Å². The molecule has 2 unspecified atom stereocenters. The number of halogens is 1. The molecule has 0 fully saturated rings. The zero-order valence-electron chi connectivity index (χ0n) is 13.4. The largest absolute Gasteiger partial charge is 0.496 e. The molecule has 2 atom stereocenters. The van der Waals surface area contributed by atoms with Gasteiger partial charge in [-0.05, 0) is 6.92 Å². The number of ether oxygens (including phenoxy) is 3. The maximum Gasteiger partial charge on any atom is 0.224 e. The number of benzene rings is 1. The van der Waals surface area contributed by atoms with Crippen molar-refractivity contribution in [3.05, 3.63) is 18.2 Å². The predicted octanol–water partition coefficient (Wildman–Crippen LogP) is 1.60. The molecule has 0 aliphatic rings. The number of hydrogen-bond acceptors (Lipinski definition) is 5. The lowest BCUT2D eigenvalue weighted by Crippen LogP contribution is -2.40. The van der Waals surface area contributed by atoms with Gasteiger partial charge in [0, 0.05) is 30.2 Å². The molecule has 0 aliphatic heterocycles. The van der Waals surface area contributed by atoms with E-state index in [-0.39, 0.29) is 30.3 Å². The van der Waals surface area contributed by atoms with Gasteiger partial charge in [0.05, 0.1) is 20.8 Å². The summed E-state index contributed by atoms with van der Waals surface area (Å²) in [7, 11) is 3.16. The van der Waals surface area contributed by atoms with E-state index in [0.717, 1.165) is 0 Å². The highest BCUT2D eigenvalue weighted by Crippen LogP contribution is 2.27. The highest BCUT2D eigenvalue weighted by Gasteiger charge is 2.16. The van der Waals surface area contributed by atoms with Crippen molar-refractivity contribution in [1.29, 1.82) is 0 Å². The molecule has 0 aliphatic carbocycles. The van der Waals surface area contributed by atoms with Gasteiger partial charge in [-0.2, -0.15) is 0 Å². The summed E-state index contributed by atoms with van der Waals surface area (Å²) in [5.74, 6) is 1.64. The van der Waals surface area contributed by atoms with Crippen LogP contribution in [0.3, 0.4) is 0 Å². The van der Waals surface area contributed by atoms with Crippen molar-refractivity contribution in [1.82, 2.24) is 5.32 Å². The van der Waals surface area contributed by atoms with Crippen LogP contribution in [0.15, 0.2) is 18.2 Å². The fourth-order valence-electron chi connectivity index (χ4n) is 1.61. The summed E-state index contributed by atoms with van der Waals surface area (Å²) < 4.78 is 15.9. The molecular formula is C15H25ClN2O4. The minimum absolute atomic E-state index is 0. The minimum atomic E-state index is -0.220. The number of carbonyl (C=O) groups is 1. The molecule has 0 bridgehead atoms. The Bertz CT molecular complexity index is 447. The third-order valence-electron chi connectivity index (χ3n) is 3.20. The fourth-order valence-corrected chi connectivity index (χ4v) is 1.61. The molecule has 1 aromatic carbocycles. The maximum atomic E-state index is 11.7. The number of nitrogens with two attached hydrogens (primary N) is 1. The predicted molar refractivity (Wildman–Crippen MR) is 88.1 cm³/mol. The van der Waals surface area contributed by atoms with E-state index in [1.807, 2.05) is 6.92 Å². The Balaban J connectivity index is 0.00000441. The van der Waals surface area contributed by atoms with Crippen molar-refractivity contribution in [3.63, 3.8) is 0 Å². The smallest absolute Gasteiger partial charge is 0.224 e. The molecule has 22 heavy (non-hydrogen) atoms. The lowest BCUT2D eigenvalue weighted by molar-refractivity contribution is -0.125. The summed E-state index contributed by atoms with van der Waals surface area (Å²) in [5, 5.41) is 2.78.